The van der Waals surface area contributed by atoms with Gasteiger partial charge in [0.2, 0.25) is 5.91 Å². The van der Waals surface area contributed by atoms with E-state index in [1.165, 1.54) is 5.56 Å². The fraction of sp³-hybridized carbons (Fsp3) is 0.222. The summed E-state index contributed by atoms with van der Waals surface area (Å²) in [5, 5.41) is 9.10. The van der Waals surface area contributed by atoms with Crippen LogP contribution in [0.15, 0.2) is 54.6 Å². The van der Waals surface area contributed by atoms with Gasteiger partial charge in [-0.3, -0.25) is 4.79 Å². The van der Waals surface area contributed by atoms with Crippen LogP contribution in [0.1, 0.15) is 29.2 Å². The highest BCUT2D eigenvalue weighted by atomic mass is 16.2. The van der Waals surface area contributed by atoms with Gasteiger partial charge < -0.3 is 4.90 Å². The second-order valence-electron chi connectivity index (χ2n) is 5.19. The lowest BCUT2D eigenvalue weighted by molar-refractivity contribution is -0.131. The minimum absolute atomic E-state index is 0.0432. The van der Waals surface area contributed by atoms with Crippen LogP contribution in [-0.2, 0) is 11.2 Å². The van der Waals surface area contributed by atoms with E-state index in [9.17, 15) is 4.79 Å². The molecule has 1 amide bonds. The van der Waals surface area contributed by atoms with Crippen LogP contribution in [0, 0.1) is 11.3 Å². The third-order valence-electron chi connectivity index (χ3n) is 3.95. The van der Waals surface area contributed by atoms with Crippen molar-refractivity contribution in [3.05, 3.63) is 71.3 Å². The molecular weight excluding hydrogens is 260 g/mol. The van der Waals surface area contributed by atoms with Crippen LogP contribution in [0.3, 0.4) is 0 Å². The third-order valence-corrected chi connectivity index (χ3v) is 3.95. The number of amides is 1. The molecule has 1 heterocycles. The number of nitriles is 1. The van der Waals surface area contributed by atoms with E-state index >= 15 is 0 Å². The summed E-state index contributed by atoms with van der Waals surface area (Å²) in [6.07, 6.45) is 1.20. The lowest BCUT2D eigenvalue weighted by Gasteiger charge is -2.29. The van der Waals surface area contributed by atoms with Gasteiger partial charge in [0.15, 0.2) is 0 Å². The SMILES string of the molecule is N#CCN1C(=O)CCc2ccccc2C1c1ccccc1. The molecule has 104 valence electrons. The molecule has 0 saturated carbocycles. The quantitative estimate of drug-likeness (QED) is 0.791. The van der Waals surface area contributed by atoms with E-state index in [1.54, 1.807) is 4.90 Å². The molecule has 0 radical (unpaired) electrons. The van der Waals surface area contributed by atoms with Crippen molar-refractivity contribution < 1.29 is 4.79 Å². The number of carbonyl (C=O) groups is 1. The Morgan fingerprint density at radius 2 is 1.76 bits per heavy atom. The van der Waals surface area contributed by atoms with E-state index in [-0.39, 0.29) is 18.5 Å². The van der Waals surface area contributed by atoms with Crippen LogP contribution in [0.5, 0.6) is 0 Å². The molecule has 0 spiro atoms. The molecule has 3 heteroatoms. The molecule has 2 aromatic carbocycles. The molecule has 0 aliphatic carbocycles. The Morgan fingerprint density at radius 1 is 1.05 bits per heavy atom. The summed E-state index contributed by atoms with van der Waals surface area (Å²) in [4.78, 5) is 14.1. The van der Waals surface area contributed by atoms with Crippen molar-refractivity contribution >= 4 is 5.91 Å². The fourth-order valence-corrected chi connectivity index (χ4v) is 2.98. The average molecular weight is 276 g/mol. The summed E-state index contributed by atoms with van der Waals surface area (Å²) in [6, 6.07) is 20.0. The molecule has 3 rings (SSSR count). The maximum absolute atomic E-state index is 12.4. The summed E-state index contributed by atoms with van der Waals surface area (Å²) in [5.74, 6) is 0.0432. The smallest absolute Gasteiger partial charge is 0.224 e. The second-order valence-corrected chi connectivity index (χ2v) is 5.19. The predicted molar refractivity (Wildman–Crippen MR) is 80.4 cm³/mol. The summed E-state index contributed by atoms with van der Waals surface area (Å²) in [5.41, 5.74) is 3.38. The van der Waals surface area contributed by atoms with Crippen LogP contribution >= 0.6 is 0 Å². The van der Waals surface area contributed by atoms with Crippen LogP contribution < -0.4 is 0 Å². The topological polar surface area (TPSA) is 44.1 Å². The third kappa shape index (κ3) is 2.53. The van der Waals surface area contributed by atoms with Crippen molar-refractivity contribution in [2.24, 2.45) is 0 Å². The van der Waals surface area contributed by atoms with Gasteiger partial charge in [-0.2, -0.15) is 5.26 Å². The Morgan fingerprint density at radius 3 is 2.52 bits per heavy atom. The van der Waals surface area contributed by atoms with Gasteiger partial charge in [-0.25, -0.2) is 0 Å². The molecule has 0 saturated heterocycles. The summed E-state index contributed by atoms with van der Waals surface area (Å²) < 4.78 is 0. The Kier molecular flexibility index (Phi) is 3.70. The van der Waals surface area contributed by atoms with Crippen molar-refractivity contribution in [2.75, 3.05) is 6.54 Å². The predicted octanol–water partition coefficient (Wildman–Crippen LogP) is 3.07. The van der Waals surface area contributed by atoms with E-state index in [2.05, 4.69) is 18.2 Å². The maximum Gasteiger partial charge on any atom is 0.224 e. The van der Waals surface area contributed by atoms with E-state index in [0.29, 0.717) is 6.42 Å². The van der Waals surface area contributed by atoms with Gasteiger partial charge in [-0.05, 0) is 23.1 Å². The highest BCUT2D eigenvalue weighted by Gasteiger charge is 2.30. The highest BCUT2D eigenvalue weighted by molar-refractivity contribution is 5.79. The first-order valence-corrected chi connectivity index (χ1v) is 7.10. The van der Waals surface area contributed by atoms with Gasteiger partial charge in [0, 0.05) is 6.42 Å². The molecule has 0 N–H and O–H groups in total. The molecule has 3 nitrogen and oxygen atoms in total. The zero-order valence-corrected chi connectivity index (χ0v) is 11.7. The Bertz CT molecular complexity index is 688. The first-order valence-electron chi connectivity index (χ1n) is 7.10. The van der Waals surface area contributed by atoms with Crippen molar-refractivity contribution in [3.63, 3.8) is 0 Å². The minimum atomic E-state index is -0.169. The molecule has 0 bridgehead atoms. The number of aryl methyl sites for hydroxylation is 1. The van der Waals surface area contributed by atoms with Gasteiger partial charge in [0.25, 0.3) is 0 Å². The van der Waals surface area contributed by atoms with E-state index < -0.39 is 0 Å². The number of nitrogens with zero attached hydrogens (tertiary/aromatic N) is 2. The zero-order chi connectivity index (χ0) is 14.7. The van der Waals surface area contributed by atoms with Crippen molar-refractivity contribution in [3.8, 4) is 6.07 Å². The highest BCUT2D eigenvalue weighted by Crippen LogP contribution is 2.34. The van der Waals surface area contributed by atoms with Crippen LogP contribution in [0.2, 0.25) is 0 Å². The summed E-state index contributed by atoms with van der Waals surface area (Å²) >= 11 is 0. The Hall–Kier alpha value is -2.60. The molecular formula is C18H16N2O. The molecule has 2 aromatic rings. The summed E-state index contributed by atoms with van der Waals surface area (Å²) in [6.45, 7) is 0.118. The summed E-state index contributed by atoms with van der Waals surface area (Å²) in [7, 11) is 0. The van der Waals surface area contributed by atoms with Gasteiger partial charge >= 0.3 is 0 Å². The Balaban J connectivity index is 2.16. The molecule has 1 unspecified atom stereocenters. The molecule has 1 aliphatic heterocycles. The largest absolute Gasteiger partial charge is 0.318 e. The number of fused-ring (bicyclic) bond motifs is 1. The molecule has 1 atom stereocenters. The number of rotatable bonds is 2. The molecule has 0 aromatic heterocycles. The van der Waals surface area contributed by atoms with Crippen LogP contribution in [0.4, 0.5) is 0 Å². The van der Waals surface area contributed by atoms with Crippen molar-refractivity contribution in [1.29, 1.82) is 5.26 Å². The zero-order valence-electron chi connectivity index (χ0n) is 11.7. The number of hydrogen-bond acceptors (Lipinski definition) is 2. The first-order chi connectivity index (χ1) is 10.3. The second kappa shape index (κ2) is 5.80. The maximum atomic E-state index is 12.4. The van der Waals surface area contributed by atoms with E-state index in [1.807, 2.05) is 42.5 Å². The Labute approximate surface area is 124 Å². The number of hydrogen-bond donors (Lipinski definition) is 0. The molecule has 0 fully saturated rings. The minimum Gasteiger partial charge on any atom is -0.318 e. The molecule has 1 aliphatic rings. The lowest BCUT2D eigenvalue weighted by atomic mass is 9.93. The fourth-order valence-electron chi connectivity index (χ4n) is 2.98. The molecule has 21 heavy (non-hydrogen) atoms. The van der Waals surface area contributed by atoms with Crippen LogP contribution in [-0.4, -0.2) is 17.4 Å². The standard InChI is InChI=1S/C18H16N2O/c19-12-13-20-17(21)11-10-14-6-4-5-9-16(14)18(20)15-7-2-1-3-8-15/h1-9,18H,10-11,13H2. The lowest BCUT2D eigenvalue weighted by Crippen LogP contribution is -2.34. The van der Waals surface area contributed by atoms with Crippen molar-refractivity contribution in [2.45, 2.75) is 18.9 Å². The average Bonchev–Trinajstić information content (AvgIpc) is 2.67. The van der Waals surface area contributed by atoms with Gasteiger partial charge in [-0.15, -0.1) is 0 Å². The van der Waals surface area contributed by atoms with Crippen LogP contribution in [0.25, 0.3) is 0 Å². The van der Waals surface area contributed by atoms with E-state index in [0.717, 1.165) is 17.5 Å². The van der Waals surface area contributed by atoms with Gasteiger partial charge in [0.1, 0.15) is 6.54 Å². The number of benzene rings is 2. The first kappa shape index (κ1) is 13.4. The van der Waals surface area contributed by atoms with Gasteiger partial charge in [-0.1, -0.05) is 54.6 Å². The van der Waals surface area contributed by atoms with Gasteiger partial charge in [0.05, 0.1) is 12.1 Å². The van der Waals surface area contributed by atoms with Crippen molar-refractivity contribution in [1.82, 2.24) is 4.90 Å². The monoisotopic (exact) mass is 276 g/mol. The number of carbonyl (C=O) groups excluding carboxylic acids is 1. The normalized spacial score (nSPS) is 17.8. The van der Waals surface area contributed by atoms with E-state index in [4.69, 9.17) is 5.26 Å².